The first-order chi connectivity index (χ1) is 5.86. The van der Waals surface area contributed by atoms with Gasteiger partial charge in [-0.25, -0.2) is 0 Å². The van der Waals surface area contributed by atoms with Crippen LogP contribution in [-0.2, 0) is 0 Å². The van der Waals surface area contributed by atoms with Gasteiger partial charge in [0.1, 0.15) is 5.75 Å². The summed E-state index contributed by atoms with van der Waals surface area (Å²) in [6.07, 6.45) is 2.55. The van der Waals surface area contributed by atoms with E-state index in [2.05, 4.69) is 4.90 Å². The normalized spacial score (nSPS) is 15.5. The minimum atomic E-state index is 0. The number of anilines is 1. The Bertz CT molecular complexity index is 271. The van der Waals surface area contributed by atoms with Crippen LogP contribution in [0.3, 0.4) is 0 Å². The maximum absolute atomic E-state index is 9.25. The molecule has 1 aromatic carbocycles. The predicted molar refractivity (Wildman–Crippen MR) is 56.8 cm³/mol. The maximum atomic E-state index is 9.25. The van der Waals surface area contributed by atoms with Crippen LogP contribution in [0.4, 0.5) is 5.69 Å². The summed E-state index contributed by atoms with van der Waals surface area (Å²) in [7, 11) is 0. The highest BCUT2D eigenvalue weighted by molar-refractivity contribution is 5.85. The highest BCUT2D eigenvalue weighted by Crippen LogP contribution is 2.23. The van der Waals surface area contributed by atoms with Crippen LogP contribution >= 0.6 is 12.4 Å². The molecule has 0 unspecified atom stereocenters. The Morgan fingerprint density at radius 2 is 1.85 bits per heavy atom. The summed E-state index contributed by atoms with van der Waals surface area (Å²) in [5, 5.41) is 9.25. The van der Waals surface area contributed by atoms with Gasteiger partial charge in [0.15, 0.2) is 0 Å². The molecule has 1 saturated heterocycles. The van der Waals surface area contributed by atoms with Crippen molar-refractivity contribution in [3.63, 3.8) is 0 Å². The average molecular weight is 200 g/mol. The number of phenols is 1. The van der Waals surface area contributed by atoms with E-state index in [1.54, 1.807) is 6.07 Å². The van der Waals surface area contributed by atoms with Gasteiger partial charge >= 0.3 is 0 Å². The molecular weight excluding hydrogens is 186 g/mol. The first-order valence-corrected chi connectivity index (χ1v) is 4.40. The van der Waals surface area contributed by atoms with E-state index in [1.807, 2.05) is 18.2 Å². The molecule has 0 atom stereocenters. The number of halogens is 1. The van der Waals surface area contributed by atoms with Crippen molar-refractivity contribution in [3.8, 4) is 5.75 Å². The SMILES string of the molecule is Cl.Oc1cccc(N2CCCC2)c1. The average Bonchev–Trinajstić information content (AvgIpc) is 2.56. The smallest absolute Gasteiger partial charge is 0.117 e. The molecule has 3 heteroatoms. The van der Waals surface area contributed by atoms with Gasteiger partial charge in [0.2, 0.25) is 0 Å². The molecule has 13 heavy (non-hydrogen) atoms. The van der Waals surface area contributed by atoms with Crippen LogP contribution < -0.4 is 4.90 Å². The number of phenolic OH excluding ortho intramolecular Hbond substituents is 1. The molecule has 1 N–H and O–H groups in total. The van der Waals surface area contributed by atoms with Crippen LogP contribution in [0.1, 0.15) is 12.8 Å². The fraction of sp³-hybridized carbons (Fsp3) is 0.400. The van der Waals surface area contributed by atoms with Crippen molar-refractivity contribution >= 4 is 18.1 Å². The molecule has 0 radical (unpaired) electrons. The zero-order valence-corrected chi connectivity index (χ0v) is 8.26. The van der Waals surface area contributed by atoms with Gasteiger partial charge in [-0.1, -0.05) is 6.07 Å². The van der Waals surface area contributed by atoms with Gasteiger partial charge in [0.05, 0.1) is 0 Å². The van der Waals surface area contributed by atoms with Gasteiger partial charge in [-0.3, -0.25) is 0 Å². The predicted octanol–water partition coefficient (Wildman–Crippen LogP) is 2.41. The zero-order chi connectivity index (χ0) is 8.39. The highest BCUT2D eigenvalue weighted by Gasteiger charge is 2.11. The van der Waals surface area contributed by atoms with E-state index in [4.69, 9.17) is 0 Å². The third-order valence-corrected chi connectivity index (χ3v) is 2.30. The van der Waals surface area contributed by atoms with E-state index in [-0.39, 0.29) is 12.4 Å². The van der Waals surface area contributed by atoms with E-state index in [9.17, 15) is 5.11 Å². The van der Waals surface area contributed by atoms with E-state index >= 15 is 0 Å². The lowest BCUT2D eigenvalue weighted by molar-refractivity contribution is 0.475. The molecule has 72 valence electrons. The number of rotatable bonds is 1. The minimum absolute atomic E-state index is 0. The molecule has 1 aliphatic rings. The van der Waals surface area contributed by atoms with Gasteiger partial charge in [-0.2, -0.15) is 0 Å². The minimum Gasteiger partial charge on any atom is -0.508 e. The van der Waals surface area contributed by atoms with E-state index < -0.39 is 0 Å². The van der Waals surface area contributed by atoms with Crippen LogP contribution in [0.2, 0.25) is 0 Å². The Morgan fingerprint density at radius 1 is 1.15 bits per heavy atom. The Labute approximate surface area is 84.6 Å². The fourth-order valence-electron chi connectivity index (χ4n) is 1.67. The van der Waals surface area contributed by atoms with Crippen LogP contribution in [0.5, 0.6) is 5.75 Å². The summed E-state index contributed by atoms with van der Waals surface area (Å²) < 4.78 is 0. The van der Waals surface area contributed by atoms with Crippen molar-refractivity contribution < 1.29 is 5.11 Å². The second-order valence-electron chi connectivity index (χ2n) is 3.21. The van der Waals surface area contributed by atoms with Crippen LogP contribution in [-0.4, -0.2) is 18.2 Å². The molecule has 0 aromatic heterocycles. The first kappa shape index (κ1) is 10.2. The lowest BCUT2D eigenvalue weighted by Crippen LogP contribution is -2.17. The fourth-order valence-corrected chi connectivity index (χ4v) is 1.67. The molecule has 0 spiro atoms. The molecular formula is C10H14ClNO. The van der Waals surface area contributed by atoms with E-state index in [1.165, 1.54) is 12.8 Å². The van der Waals surface area contributed by atoms with Crippen LogP contribution in [0.15, 0.2) is 24.3 Å². The number of hydrogen-bond acceptors (Lipinski definition) is 2. The molecule has 1 fully saturated rings. The summed E-state index contributed by atoms with van der Waals surface area (Å²) in [5.74, 6) is 0.361. The molecule has 2 nitrogen and oxygen atoms in total. The monoisotopic (exact) mass is 199 g/mol. The van der Waals surface area contributed by atoms with Crippen molar-refractivity contribution in [1.29, 1.82) is 0 Å². The molecule has 1 aromatic rings. The number of hydrogen-bond donors (Lipinski definition) is 1. The van der Waals surface area contributed by atoms with Gasteiger partial charge in [0, 0.05) is 24.8 Å². The molecule has 1 aliphatic heterocycles. The lowest BCUT2D eigenvalue weighted by atomic mass is 10.3. The van der Waals surface area contributed by atoms with Crippen LogP contribution in [0.25, 0.3) is 0 Å². The summed E-state index contributed by atoms with van der Waals surface area (Å²) >= 11 is 0. The molecule has 0 saturated carbocycles. The first-order valence-electron chi connectivity index (χ1n) is 4.40. The summed E-state index contributed by atoms with van der Waals surface area (Å²) in [5.41, 5.74) is 1.15. The second-order valence-corrected chi connectivity index (χ2v) is 3.21. The summed E-state index contributed by atoms with van der Waals surface area (Å²) in [6.45, 7) is 2.26. The Morgan fingerprint density at radius 3 is 2.46 bits per heavy atom. The van der Waals surface area contributed by atoms with Gasteiger partial charge < -0.3 is 10.0 Å². The Kier molecular flexibility index (Phi) is 3.43. The van der Waals surface area contributed by atoms with Gasteiger partial charge in [-0.05, 0) is 25.0 Å². The Hall–Kier alpha value is -0.890. The summed E-state index contributed by atoms with van der Waals surface area (Å²) in [4.78, 5) is 2.31. The number of nitrogens with zero attached hydrogens (tertiary/aromatic N) is 1. The zero-order valence-electron chi connectivity index (χ0n) is 7.44. The summed E-state index contributed by atoms with van der Waals surface area (Å²) in [6, 6.07) is 7.47. The van der Waals surface area contributed by atoms with Gasteiger partial charge in [0.25, 0.3) is 0 Å². The van der Waals surface area contributed by atoms with Crippen molar-refractivity contribution in [2.45, 2.75) is 12.8 Å². The Balaban J connectivity index is 0.000000845. The molecule has 0 bridgehead atoms. The van der Waals surface area contributed by atoms with E-state index in [0.29, 0.717) is 5.75 Å². The number of benzene rings is 1. The molecule has 0 aliphatic carbocycles. The van der Waals surface area contributed by atoms with E-state index in [0.717, 1.165) is 18.8 Å². The van der Waals surface area contributed by atoms with Crippen molar-refractivity contribution in [2.24, 2.45) is 0 Å². The lowest BCUT2D eigenvalue weighted by Gasteiger charge is -2.17. The highest BCUT2D eigenvalue weighted by atomic mass is 35.5. The third kappa shape index (κ3) is 2.28. The van der Waals surface area contributed by atoms with Crippen molar-refractivity contribution in [3.05, 3.63) is 24.3 Å². The van der Waals surface area contributed by atoms with Crippen molar-refractivity contribution in [1.82, 2.24) is 0 Å². The molecule has 0 amide bonds. The molecule has 1 heterocycles. The van der Waals surface area contributed by atoms with Crippen molar-refractivity contribution in [2.75, 3.05) is 18.0 Å². The topological polar surface area (TPSA) is 23.5 Å². The standard InChI is InChI=1S/C10H13NO.ClH/c12-10-5-3-4-9(8-10)11-6-1-2-7-11;/h3-5,8,12H,1-2,6-7H2;1H. The van der Waals surface area contributed by atoms with Gasteiger partial charge in [-0.15, -0.1) is 12.4 Å². The molecule has 2 rings (SSSR count). The second kappa shape index (κ2) is 4.38. The quantitative estimate of drug-likeness (QED) is 0.751. The maximum Gasteiger partial charge on any atom is 0.117 e. The largest absolute Gasteiger partial charge is 0.508 e. The third-order valence-electron chi connectivity index (χ3n) is 2.30. The van der Waals surface area contributed by atoms with Crippen LogP contribution in [0, 0.1) is 0 Å². The number of aromatic hydroxyl groups is 1.